The highest BCUT2D eigenvalue weighted by atomic mass is 19.4. The zero-order valence-corrected chi connectivity index (χ0v) is 17.6. The number of methoxy groups -OCH3 is 1. The summed E-state index contributed by atoms with van der Waals surface area (Å²) in [5, 5.41) is 2.71. The molecule has 7 nitrogen and oxygen atoms in total. The first-order valence-corrected chi connectivity index (χ1v) is 9.21. The Bertz CT molecular complexity index is 1260. The van der Waals surface area contributed by atoms with Crippen LogP contribution in [0.2, 0.25) is 0 Å². The molecule has 33 heavy (non-hydrogen) atoms. The number of nitrogens with one attached hydrogen (secondary N) is 1. The van der Waals surface area contributed by atoms with Crippen molar-refractivity contribution in [3.05, 3.63) is 71.9 Å². The van der Waals surface area contributed by atoms with Gasteiger partial charge in [0.15, 0.2) is 5.69 Å². The summed E-state index contributed by atoms with van der Waals surface area (Å²) in [6.07, 6.45) is -6.78. The molecular weight excluding hydrogens is 454 g/mol. The lowest BCUT2D eigenvalue weighted by Crippen LogP contribution is -2.32. The number of benzene rings is 1. The van der Waals surface area contributed by atoms with E-state index in [1.165, 1.54) is 7.11 Å². The number of aromatic nitrogens is 4. The number of alkyl halides is 6. The molecule has 1 aromatic carbocycles. The van der Waals surface area contributed by atoms with Crippen LogP contribution in [0.3, 0.4) is 0 Å². The van der Waals surface area contributed by atoms with Crippen LogP contribution in [0.15, 0.2) is 54.2 Å². The average Bonchev–Trinajstić information content (AvgIpc) is 3.13. The molecule has 0 saturated heterocycles. The van der Waals surface area contributed by atoms with Crippen molar-refractivity contribution in [2.24, 2.45) is 12.0 Å². The SMILES string of the molecule is C=C(N=c1nc(C(F)(F)F)cc(C(F)(F)F)n1C)Nc1ccc(-n2cnc(C)c2)c(OC)c1. The van der Waals surface area contributed by atoms with Gasteiger partial charge < -0.3 is 19.2 Å². The van der Waals surface area contributed by atoms with Gasteiger partial charge in [0.25, 0.3) is 0 Å². The summed E-state index contributed by atoms with van der Waals surface area (Å²) in [7, 11) is 2.35. The zero-order chi connectivity index (χ0) is 24.6. The maximum atomic E-state index is 13.2. The Labute approximate surface area is 183 Å². The monoisotopic (exact) mass is 472 g/mol. The van der Waals surface area contributed by atoms with Gasteiger partial charge in [0.1, 0.15) is 17.3 Å². The largest absolute Gasteiger partial charge is 0.494 e. The summed E-state index contributed by atoms with van der Waals surface area (Å²) >= 11 is 0. The molecule has 2 aromatic heterocycles. The van der Waals surface area contributed by atoms with E-state index in [0.717, 1.165) is 12.7 Å². The molecule has 0 saturated carbocycles. The molecule has 0 radical (unpaired) electrons. The Hall–Kier alpha value is -3.77. The second-order valence-electron chi connectivity index (χ2n) is 6.87. The third-order valence-corrected chi connectivity index (χ3v) is 4.43. The lowest BCUT2D eigenvalue weighted by molar-refractivity contribution is -0.149. The summed E-state index contributed by atoms with van der Waals surface area (Å²) in [4.78, 5) is 11.1. The van der Waals surface area contributed by atoms with Gasteiger partial charge in [0.2, 0.25) is 5.62 Å². The average molecular weight is 472 g/mol. The van der Waals surface area contributed by atoms with Crippen molar-refractivity contribution >= 4 is 5.69 Å². The van der Waals surface area contributed by atoms with Crippen LogP contribution >= 0.6 is 0 Å². The van der Waals surface area contributed by atoms with Crippen LogP contribution in [-0.2, 0) is 19.4 Å². The minimum Gasteiger partial charge on any atom is -0.494 e. The van der Waals surface area contributed by atoms with E-state index in [1.807, 2.05) is 6.92 Å². The molecule has 2 heterocycles. The molecule has 13 heteroatoms. The first-order valence-electron chi connectivity index (χ1n) is 9.21. The van der Waals surface area contributed by atoms with Crippen LogP contribution in [0.5, 0.6) is 5.75 Å². The highest BCUT2D eigenvalue weighted by molar-refractivity contribution is 5.59. The van der Waals surface area contributed by atoms with E-state index >= 15 is 0 Å². The standard InChI is InChI=1S/C20H18F6N6O/c1-11-9-32(10-27-11)14-6-5-13(7-15(14)33-4)28-12(2)29-18-30-16(19(21,22)23)8-17(31(18)3)20(24,25)26/h5-10,28H,2H2,1,3-4H3. The third kappa shape index (κ3) is 5.35. The summed E-state index contributed by atoms with van der Waals surface area (Å²) in [5.74, 6) is 0.186. The molecule has 0 spiro atoms. The predicted octanol–water partition coefficient (Wildman–Crippen LogP) is 4.44. The van der Waals surface area contributed by atoms with Gasteiger partial charge in [-0.25, -0.2) is 9.97 Å². The highest BCUT2D eigenvalue weighted by Gasteiger charge is 2.39. The molecule has 0 bridgehead atoms. The second kappa shape index (κ2) is 8.64. The van der Waals surface area contributed by atoms with Crippen molar-refractivity contribution < 1.29 is 31.1 Å². The Morgan fingerprint density at radius 1 is 1.12 bits per heavy atom. The second-order valence-corrected chi connectivity index (χ2v) is 6.87. The fourth-order valence-corrected chi connectivity index (χ4v) is 2.90. The molecule has 3 rings (SSSR count). The maximum absolute atomic E-state index is 13.2. The Balaban J connectivity index is 1.98. The molecule has 0 aliphatic heterocycles. The highest BCUT2D eigenvalue weighted by Crippen LogP contribution is 2.33. The molecule has 0 atom stereocenters. The minimum atomic E-state index is -5.10. The van der Waals surface area contributed by atoms with Crippen molar-refractivity contribution in [1.82, 2.24) is 19.1 Å². The normalized spacial score (nSPS) is 12.7. The molecule has 0 aliphatic rings. The van der Waals surface area contributed by atoms with Crippen LogP contribution in [-0.4, -0.2) is 26.2 Å². The molecule has 0 aliphatic carbocycles. The number of ether oxygens (including phenoxy) is 1. The predicted molar refractivity (Wildman–Crippen MR) is 106 cm³/mol. The quantitative estimate of drug-likeness (QED) is 0.558. The van der Waals surface area contributed by atoms with Crippen LogP contribution < -0.4 is 15.7 Å². The van der Waals surface area contributed by atoms with Crippen molar-refractivity contribution in [2.75, 3.05) is 12.4 Å². The summed E-state index contributed by atoms with van der Waals surface area (Å²) in [6.45, 7) is 5.38. The first kappa shape index (κ1) is 23.9. The van der Waals surface area contributed by atoms with Crippen molar-refractivity contribution in [3.8, 4) is 11.4 Å². The topological polar surface area (TPSA) is 69.3 Å². The number of halogens is 6. The van der Waals surface area contributed by atoms with Gasteiger partial charge in [-0.3, -0.25) is 0 Å². The smallest absolute Gasteiger partial charge is 0.433 e. The van der Waals surface area contributed by atoms with Gasteiger partial charge >= 0.3 is 12.4 Å². The molecule has 176 valence electrons. The summed E-state index contributed by atoms with van der Waals surface area (Å²) < 4.78 is 86.4. The maximum Gasteiger partial charge on any atom is 0.433 e. The van der Waals surface area contributed by atoms with Gasteiger partial charge in [-0.15, -0.1) is 0 Å². The molecule has 1 N–H and O–H groups in total. The van der Waals surface area contributed by atoms with E-state index < -0.39 is 29.4 Å². The first-order chi connectivity index (χ1) is 15.3. The lowest BCUT2D eigenvalue weighted by atomic mass is 10.2. The van der Waals surface area contributed by atoms with E-state index in [-0.39, 0.29) is 11.9 Å². The van der Waals surface area contributed by atoms with Gasteiger partial charge in [-0.05, 0) is 25.1 Å². The van der Waals surface area contributed by atoms with Crippen molar-refractivity contribution in [2.45, 2.75) is 19.3 Å². The lowest BCUT2D eigenvalue weighted by Gasteiger charge is -2.16. The van der Waals surface area contributed by atoms with Crippen molar-refractivity contribution in [3.63, 3.8) is 0 Å². The number of imidazole rings is 1. The van der Waals surface area contributed by atoms with E-state index in [1.54, 1.807) is 35.3 Å². The molecule has 0 fully saturated rings. The van der Waals surface area contributed by atoms with Gasteiger partial charge in [-0.2, -0.15) is 31.3 Å². The minimum absolute atomic E-state index is 0.0728. The van der Waals surface area contributed by atoms with Gasteiger partial charge in [-0.1, -0.05) is 6.58 Å². The van der Waals surface area contributed by atoms with Crippen LogP contribution in [0.25, 0.3) is 5.69 Å². The Morgan fingerprint density at radius 3 is 2.36 bits per heavy atom. The number of hydrogen-bond donors (Lipinski definition) is 1. The number of rotatable bonds is 5. The van der Waals surface area contributed by atoms with Crippen LogP contribution in [0.1, 0.15) is 17.1 Å². The Kier molecular flexibility index (Phi) is 6.25. The molecule has 0 amide bonds. The fraction of sp³-hybridized carbons (Fsp3) is 0.250. The van der Waals surface area contributed by atoms with E-state index in [0.29, 0.717) is 21.7 Å². The molecule has 3 aromatic rings. The van der Waals surface area contributed by atoms with E-state index in [9.17, 15) is 26.3 Å². The van der Waals surface area contributed by atoms with Crippen molar-refractivity contribution in [1.29, 1.82) is 0 Å². The van der Waals surface area contributed by atoms with Crippen LogP contribution in [0, 0.1) is 6.92 Å². The summed E-state index contributed by atoms with van der Waals surface area (Å²) in [5.41, 5.74) is -2.28. The third-order valence-electron chi connectivity index (χ3n) is 4.43. The number of nitrogens with zero attached hydrogens (tertiary/aromatic N) is 5. The number of aryl methyl sites for hydroxylation is 1. The number of hydrogen-bond acceptors (Lipinski definition) is 5. The van der Waals surface area contributed by atoms with E-state index in [4.69, 9.17) is 4.74 Å². The summed E-state index contributed by atoms with van der Waals surface area (Å²) in [6, 6.07) is 4.77. The van der Waals surface area contributed by atoms with Gasteiger partial charge in [0.05, 0.1) is 24.8 Å². The fourth-order valence-electron chi connectivity index (χ4n) is 2.90. The van der Waals surface area contributed by atoms with Gasteiger partial charge in [0, 0.05) is 25.0 Å². The van der Waals surface area contributed by atoms with E-state index in [2.05, 4.69) is 26.9 Å². The molecule has 0 unspecified atom stereocenters. The number of anilines is 1. The molecular formula is C20H18F6N6O. The zero-order valence-electron chi connectivity index (χ0n) is 17.6. The Morgan fingerprint density at radius 2 is 1.82 bits per heavy atom. The van der Waals surface area contributed by atoms with Crippen LogP contribution in [0.4, 0.5) is 32.0 Å².